The van der Waals surface area contributed by atoms with Crippen LogP contribution in [0.15, 0.2) is 54.3 Å². The van der Waals surface area contributed by atoms with Gasteiger partial charge in [-0.15, -0.1) is 0 Å². The first kappa shape index (κ1) is 25.1. The summed E-state index contributed by atoms with van der Waals surface area (Å²) in [7, 11) is 0. The fourth-order valence-electron chi connectivity index (χ4n) is 6.26. The zero-order valence-electron chi connectivity index (χ0n) is 22.1. The SMILES string of the molecule is Cc1cccc(CN2C(=O)/C(=C\c3ccc(C(=O)N4CCC5(CC4)OCCO5)cc3)OC3CCCCC32)c1. The lowest BCUT2D eigenvalue weighted by Crippen LogP contribution is -2.54. The van der Waals surface area contributed by atoms with Crippen LogP contribution in [-0.2, 0) is 25.5 Å². The minimum absolute atomic E-state index is 0.0106. The van der Waals surface area contributed by atoms with Gasteiger partial charge in [0.1, 0.15) is 6.10 Å². The van der Waals surface area contributed by atoms with Gasteiger partial charge in [-0.05, 0) is 55.5 Å². The first-order valence-corrected chi connectivity index (χ1v) is 13.9. The van der Waals surface area contributed by atoms with Gasteiger partial charge in [0.05, 0.1) is 19.3 Å². The maximum atomic E-state index is 13.6. The van der Waals surface area contributed by atoms with Crippen LogP contribution in [-0.4, -0.2) is 65.9 Å². The quantitative estimate of drug-likeness (QED) is 0.552. The van der Waals surface area contributed by atoms with Crippen molar-refractivity contribution in [2.24, 2.45) is 0 Å². The molecule has 3 aliphatic heterocycles. The molecule has 1 spiro atoms. The van der Waals surface area contributed by atoms with Gasteiger partial charge in [0, 0.05) is 38.0 Å². The second-order valence-electron chi connectivity index (χ2n) is 11.0. The molecule has 0 N–H and O–H groups in total. The summed E-state index contributed by atoms with van der Waals surface area (Å²) in [5.74, 6) is -0.160. The highest BCUT2D eigenvalue weighted by atomic mass is 16.7. The van der Waals surface area contributed by atoms with Gasteiger partial charge in [-0.3, -0.25) is 9.59 Å². The van der Waals surface area contributed by atoms with Crippen molar-refractivity contribution in [3.63, 3.8) is 0 Å². The second-order valence-corrected chi connectivity index (χ2v) is 11.0. The van der Waals surface area contributed by atoms with Crippen molar-refractivity contribution in [3.8, 4) is 0 Å². The summed E-state index contributed by atoms with van der Waals surface area (Å²) in [4.78, 5) is 30.6. The molecule has 2 aromatic rings. The molecule has 0 bridgehead atoms. The molecular weight excluding hydrogens is 480 g/mol. The van der Waals surface area contributed by atoms with Crippen molar-refractivity contribution in [3.05, 3.63) is 76.5 Å². The Morgan fingerprint density at radius 2 is 1.76 bits per heavy atom. The van der Waals surface area contributed by atoms with Crippen molar-refractivity contribution in [2.75, 3.05) is 26.3 Å². The van der Waals surface area contributed by atoms with Gasteiger partial charge in [0.2, 0.25) is 0 Å². The van der Waals surface area contributed by atoms with Crippen LogP contribution in [0.3, 0.4) is 0 Å². The molecule has 7 heteroatoms. The van der Waals surface area contributed by atoms with Crippen LogP contribution in [0.4, 0.5) is 0 Å². The van der Waals surface area contributed by atoms with E-state index in [1.807, 2.05) is 46.2 Å². The molecule has 2 amide bonds. The number of likely N-dealkylation sites (tertiary alicyclic amines) is 1. The van der Waals surface area contributed by atoms with Crippen LogP contribution < -0.4 is 0 Å². The van der Waals surface area contributed by atoms with Crippen molar-refractivity contribution in [2.45, 2.75) is 69.9 Å². The van der Waals surface area contributed by atoms with E-state index in [1.165, 1.54) is 5.56 Å². The number of morpholine rings is 1. The molecule has 0 radical (unpaired) electrons. The van der Waals surface area contributed by atoms with Gasteiger partial charge in [-0.25, -0.2) is 0 Å². The Balaban J connectivity index is 1.16. The Bertz CT molecular complexity index is 1210. The third-order valence-corrected chi connectivity index (χ3v) is 8.33. The molecule has 6 rings (SSSR count). The summed E-state index contributed by atoms with van der Waals surface area (Å²) < 4.78 is 17.9. The van der Waals surface area contributed by atoms with Crippen molar-refractivity contribution >= 4 is 17.9 Å². The summed E-state index contributed by atoms with van der Waals surface area (Å²) in [5.41, 5.74) is 3.82. The van der Waals surface area contributed by atoms with Gasteiger partial charge in [0.25, 0.3) is 11.8 Å². The average molecular weight is 517 g/mol. The predicted molar refractivity (Wildman–Crippen MR) is 143 cm³/mol. The number of carbonyl (C=O) groups is 2. The molecule has 3 saturated heterocycles. The van der Waals surface area contributed by atoms with E-state index in [2.05, 4.69) is 25.1 Å². The Kier molecular flexibility index (Phi) is 6.97. The predicted octanol–water partition coefficient (Wildman–Crippen LogP) is 4.69. The zero-order valence-corrected chi connectivity index (χ0v) is 22.1. The number of piperidine rings is 1. The first-order valence-electron chi connectivity index (χ1n) is 13.9. The maximum absolute atomic E-state index is 13.6. The maximum Gasteiger partial charge on any atom is 0.289 e. The topological polar surface area (TPSA) is 68.3 Å². The number of amides is 2. The third-order valence-electron chi connectivity index (χ3n) is 8.33. The van der Waals surface area contributed by atoms with E-state index < -0.39 is 5.79 Å². The number of nitrogens with zero attached hydrogens (tertiary/aromatic N) is 2. The smallest absolute Gasteiger partial charge is 0.289 e. The molecule has 0 aromatic heterocycles. The van der Waals surface area contributed by atoms with Gasteiger partial charge < -0.3 is 24.0 Å². The average Bonchev–Trinajstić information content (AvgIpc) is 3.39. The number of carbonyl (C=O) groups excluding carboxylic acids is 2. The summed E-state index contributed by atoms with van der Waals surface area (Å²) in [6.45, 7) is 5.15. The Morgan fingerprint density at radius 3 is 2.50 bits per heavy atom. The van der Waals surface area contributed by atoms with E-state index in [1.54, 1.807) is 0 Å². The van der Waals surface area contributed by atoms with Crippen LogP contribution in [0.25, 0.3) is 6.08 Å². The lowest BCUT2D eigenvalue weighted by molar-refractivity contribution is -0.181. The normalized spacial score (nSPS) is 25.9. The van der Waals surface area contributed by atoms with Gasteiger partial charge >= 0.3 is 0 Å². The van der Waals surface area contributed by atoms with Crippen LogP contribution in [0, 0.1) is 6.92 Å². The van der Waals surface area contributed by atoms with Crippen LogP contribution in [0.1, 0.15) is 65.6 Å². The number of hydrogen-bond acceptors (Lipinski definition) is 5. The molecule has 200 valence electrons. The number of ether oxygens (including phenoxy) is 3. The molecule has 1 aliphatic carbocycles. The molecule has 4 fully saturated rings. The number of benzene rings is 2. The van der Waals surface area contributed by atoms with E-state index in [0.717, 1.165) is 36.8 Å². The first-order chi connectivity index (χ1) is 18.5. The monoisotopic (exact) mass is 516 g/mol. The number of hydrogen-bond donors (Lipinski definition) is 0. The van der Waals surface area contributed by atoms with E-state index in [4.69, 9.17) is 14.2 Å². The van der Waals surface area contributed by atoms with E-state index in [0.29, 0.717) is 57.0 Å². The molecule has 2 atom stereocenters. The zero-order chi connectivity index (χ0) is 26.1. The standard InChI is InChI=1S/C31H36N2O5/c1-22-5-4-6-24(19-22)21-33-26-7-2-3-8-27(26)38-28(30(33)35)20-23-9-11-25(12-10-23)29(34)32-15-13-31(14-16-32)36-17-18-37-31/h4-6,9-12,19-20,26-27H,2-3,7-8,13-18,21H2,1H3/b28-20+. The summed E-state index contributed by atoms with van der Waals surface area (Å²) in [6.07, 6.45) is 7.41. The summed E-state index contributed by atoms with van der Waals surface area (Å²) in [5, 5.41) is 0. The van der Waals surface area contributed by atoms with Crippen LogP contribution >= 0.6 is 0 Å². The molecule has 1 saturated carbocycles. The number of aryl methyl sites for hydroxylation is 1. The third kappa shape index (κ3) is 5.09. The Hall–Kier alpha value is -3.16. The van der Waals surface area contributed by atoms with Crippen LogP contribution in [0.2, 0.25) is 0 Å². The highest BCUT2D eigenvalue weighted by molar-refractivity contribution is 5.97. The van der Waals surface area contributed by atoms with Crippen molar-refractivity contribution in [1.29, 1.82) is 0 Å². The van der Waals surface area contributed by atoms with Gasteiger partial charge in [-0.1, -0.05) is 48.4 Å². The lowest BCUT2D eigenvalue weighted by atomic mass is 9.89. The Morgan fingerprint density at radius 1 is 1.03 bits per heavy atom. The van der Waals surface area contributed by atoms with Gasteiger partial charge in [-0.2, -0.15) is 0 Å². The minimum atomic E-state index is -0.496. The number of fused-ring (bicyclic) bond motifs is 1. The van der Waals surface area contributed by atoms with Crippen molar-refractivity contribution < 1.29 is 23.8 Å². The van der Waals surface area contributed by atoms with E-state index in [9.17, 15) is 9.59 Å². The molecule has 7 nitrogen and oxygen atoms in total. The molecule has 4 aliphatic rings. The second kappa shape index (κ2) is 10.5. The van der Waals surface area contributed by atoms with Gasteiger partial charge in [0.15, 0.2) is 11.5 Å². The Labute approximate surface area is 224 Å². The fraction of sp³-hybridized carbons (Fsp3) is 0.484. The van der Waals surface area contributed by atoms with E-state index >= 15 is 0 Å². The molecule has 3 heterocycles. The summed E-state index contributed by atoms with van der Waals surface area (Å²) >= 11 is 0. The van der Waals surface area contributed by atoms with Crippen molar-refractivity contribution in [1.82, 2.24) is 9.80 Å². The highest BCUT2D eigenvalue weighted by Crippen LogP contribution is 2.35. The molecule has 2 aromatic carbocycles. The van der Waals surface area contributed by atoms with Crippen LogP contribution in [0.5, 0.6) is 0 Å². The molecule has 38 heavy (non-hydrogen) atoms. The summed E-state index contributed by atoms with van der Waals surface area (Å²) in [6, 6.07) is 15.9. The molecule has 2 unspecified atom stereocenters. The number of rotatable bonds is 4. The largest absolute Gasteiger partial charge is 0.482 e. The molecular formula is C31H36N2O5. The lowest BCUT2D eigenvalue weighted by Gasteiger charge is -2.44. The fourth-order valence-corrected chi connectivity index (χ4v) is 6.26. The highest BCUT2D eigenvalue weighted by Gasteiger charge is 2.42. The van der Waals surface area contributed by atoms with E-state index in [-0.39, 0.29) is 24.0 Å². The minimum Gasteiger partial charge on any atom is -0.482 e.